The number of rotatable bonds is 3. The summed E-state index contributed by atoms with van der Waals surface area (Å²) in [7, 11) is 0. The van der Waals surface area contributed by atoms with Gasteiger partial charge in [-0.1, -0.05) is 31.5 Å². The minimum absolute atomic E-state index is 0.615. The number of halogens is 1. The number of hydrogen-bond donors (Lipinski definition) is 1. The van der Waals surface area contributed by atoms with Crippen molar-refractivity contribution < 1.29 is 0 Å². The van der Waals surface area contributed by atoms with E-state index in [0.717, 1.165) is 41.5 Å². The minimum Gasteiger partial charge on any atom is -0.369 e. The Kier molecular flexibility index (Phi) is 3.47. The van der Waals surface area contributed by atoms with E-state index in [4.69, 9.17) is 16.7 Å². The molecule has 0 atom stereocenters. The molecule has 0 amide bonds. The summed E-state index contributed by atoms with van der Waals surface area (Å²) in [5.74, 6) is 1.75. The van der Waals surface area contributed by atoms with Crippen molar-refractivity contribution in [1.29, 1.82) is 0 Å². The van der Waals surface area contributed by atoms with Gasteiger partial charge in [-0.25, -0.2) is 4.68 Å². The zero-order valence-electron chi connectivity index (χ0n) is 12.2. The second-order valence-corrected chi connectivity index (χ2v) is 6.30. The predicted octanol–water partition coefficient (Wildman–Crippen LogP) is 4.00. The first-order valence-corrected chi connectivity index (χ1v) is 7.55. The van der Waals surface area contributed by atoms with Crippen molar-refractivity contribution in [2.75, 3.05) is 11.9 Å². The Morgan fingerprint density at radius 2 is 2.20 bits per heavy atom. The van der Waals surface area contributed by atoms with Crippen molar-refractivity contribution >= 4 is 17.4 Å². The third-order valence-corrected chi connectivity index (χ3v) is 4.14. The Morgan fingerprint density at radius 3 is 2.90 bits per heavy atom. The average Bonchev–Trinajstić information content (AvgIpc) is 2.96. The normalized spacial score (nSPS) is 13.7. The highest BCUT2D eigenvalue weighted by molar-refractivity contribution is 6.31. The van der Waals surface area contributed by atoms with Gasteiger partial charge in [0.1, 0.15) is 5.82 Å². The molecule has 2 heterocycles. The molecule has 0 bridgehead atoms. The van der Waals surface area contributed by atoms with Crippen molar-refractivity contribution in [2.24, 2.45) is 5.92 Å². The summed E-state index contributed by atoms with van der Waals surface area (Å²) in [6.45, 7) is 7.48. The number of aryl methyl sites for hydroxylation is 1. The van der Waals surface area contributed by atoms with Gasteiger partial charge in [-0.05, 0) is 43.4 Å². The van der Waals surface area contributed by atoms with Crippen molar-refractivity contribution in [3.05, 3.63) is 40.0 Å². The Morgan fingerprint density at radius 1 is 1.40 bits per heavy atom. The molecule has 1 aliphatic heterocycles. The van der Waals surface area contributed by atoms with Crippen LogP contribution in [-0.4, -0.2) is 16.3 Å². The maximum atomic E-state index is 6.24. The van der Waals surface area contributed by atoms with Crippen LogP contribution in [0.5, 0.6) is 0 Å². The lowest BCUT2D eigenvalue weighted by molar-refractivity contribution is 0.624. The smallest absolute Gasteiger partial charge is 0.133 e. The lowest BCUT2D eigenvalue weighted by atomic mass is 10.0. The Hall–Kier alpha value is -1.48. The minimum atomic E-state index is 0.615. The van der Waals surface area contributed by atoms with Crippen LogP contribution in [0.1, 0.15) is 30.7 Å². The third-order valence-electron chi connectivity index (χ3n) is 3.74. The zero-order valence-corrected chi connectivity index (χ0v) is 13.0. The first-order valence-electron chi connectivity index (χ1n) is 7.17. The summed E-state index contributed by atoms with van der Waals surface area (Å²) >= 11 is 6.24. The number of nitrogens with one attached hydrogen (secondary N) is 1. The predicted molar refractivity (Wildman–Crippen MR) is 84.0 cm³/mol. The van der Waals surface area contributed by atoms with Crippen molar-refractivity contribution in [3.8, 4) is 5.69 Å². The monoisotopic (exact) mass is 289 g/mol. The van der Waals surface area contributed by atoms with E-state index in [1.54, 1.807) is 0 Å². The molecule has 1 aromatic carbocycles. The topological polar surface area (TPSA) is 29.9 Å². The first-order chi connectivity index (χ1) is 9.56. The summed E-state index contributed by atoms with van der Waals surface area (Å²) in [6, 6.07) is 6.11. The number of fused-ring (bicyclic) bond motifs is 1. The van der Waals surface area contributed by atoms with Crippen LogP contribution in [-0.2, 0) is 12.8 Å². The molecule has 1 N–H and O–H groups in total. The molecule has 2 aromatic rings. The SMILES string of the molecule is Cc1ccc(-n2nc(CC(C)C)c3c2NCC3)cc1Cl. The summed E-state index contributed by atoms with van der Waals surface area (Å²) in [5.41, 5.74) is 4.71. The summed E-state index contributed by atoms with van der Waals surface area (Å²) < 4.78 is 2.01. The number of anilines is 1. The quantitative estimate of drug-likeness (QED) is 0.925. The fraction of sp³-hybridized carbons (Fsp3) is 0.438. The Bertz CT molecular complexity index is 643. The molecular weight excluding hydrogens is 270 g/mol. The lowest BCUT2D eigenvalue weighted by Crippen LogP contribution is -2.06. The highest BCUT2D eigenvalue weighted by Gasteiger charge is 2.23. The van der Waals surface area contributed by atoms with Crippen LogP contribution in [0, 0.1) is 12.8 Å². The maximum absolute atomic E-state index is 6.24. The van der Waals surface area contributed by atoms with Crippen molar-refractivity contribution in [3.63, 3.8) is 0 Å². The van der Waals surface area contributed by atoms with Crippen LogP contribution < -0.4 is 5.32 Å². The van der Waals surface area contributed by atoms with Gasteiger partial charge in [0.25, 0.3) is 0 Å². The highest BCUT2D eigenvalue weighted by Crippen LogP contribution is 2.31. The maximum Gasteiger partial charge on any atom is 0.133 e. The molecule has 0 radical (unpaired) electrons. The number of hydrogen-bond acceptors (Lipinski definition) is 2. The van der Waals surface area contributed by atoms with E-state index in [0.29, 0.717) is 5.92 Å². The van der Waals surface area contributed by atoms with E-state index in [1.807, 2.05) is 23.7 Å². The molecule has 4 heteroatoms. The van der Waals surface area contributed by atoms with E-state index in [-0.39, 0.29) is 0 Å². The van der Waals surface area contributed by atoms with E-state index < -0.39 is 0 Å². The molecule has 3 nitrogen and oxygen atoms in total. The molecule has 1 aromatic heterocycles. The standard InChI is InChI=1S/C16H20ClN3/c1-10(2)8-15-13-6-7-18-16(13)20(19-15)12-5-4-11(3)14(17)9-12/h4-5,9-10,18H,6-8H2,1-3H3. The Labute approximate surface area is 124 Å². The van der Waals surface area contributed by atoms with Crippen LogP contribution in [0.2, 0.25) is 5.02 Å². The van der Waals surface area contributed by atoms with Crippen molar-refractivity contribution in [1.82, 2.24) is 9.78 Å². The van der Waals surface area contributed by atoms with Gasteiger partial charge in [0.05, 0.1) is 11.4 Å². The molecule has 0 spiro atoms. The molecule has 1 aliphatic rings. The average molecular weight is 290 g/mol. The molecular formula is C16H20ClN3. The van der Waals surface area contributed by atoms with Gasteiger partial charge < -0.3 is 5.32 Å². The third kappa shape index (κ3) is 2.31. The van der Waals surface area contributed by atoms with Crippen LogP contribution in [0.4, 0.5) is 5.82 Å². The lowest BCUT2D eigenvalue weighted by Gasteiger charge is -2.08. The van der Waals surface area contributed by atoms with Crippen LogP contribution in [0.3, 0.4) is 0 Å². The zero-order chi connectivity index (χ0) is 14.3. The molecule has 20 heavy (non-hydrogen) atoms. The van der Waals surface area contributed by atoms with Gasteiger partial charge in [-0.3, -0.25) is 0 Å². The fourth-order valence-electron chi connectivity index (χ4n) is 2.70. The number of benzene rings is 1. The van der Waals surface area contributed by atoms with Gasteiger partial charge in [0.15, 0.2) is 0 Å². The number of nitrogens with zero attached hydrogens (tertiary/aromatic N) is 2. The Balaban J connectivity index is 2.07. The molecule has 3 rings (SSSR count). The fourth-order valence-corrected chi connectivity index (χ4v) is 2.87. The summed E-state index contributed by atoms with van der Waals surface area (Å²) in [6.07, 6.45) is 2.09. The number of aromatic nitrogens is 2. The van der Waals surface area contributed by atoms with Gasteiger partial charge >= 0.3 is 0 Å². The molecule has 0 saturated carbocycles. The first kappa shape index (κ1) is 13.5. The van der Waals surface area contributed by atoms with E-state index in [9.17, 15) is 0 Å². The van der Waals surface area contributed by atoms with Crippen LogP contribution in [0.15, 0.2) is 18.2 Å². The molecule has 0 aliphatic carbocycles. The van der Waals surface area contributed by atoms with Gasteiger partial charge in [-0.2, -0.15) is 5.10 Å². The second kappa shape index (κ2) is 5.13. The molecule has 0 fully saturated rings. The molecule has 106 valence electrons. The second-order valence-electron chi connectivity index (χ2n) is 5.89. The molecule has 0 saturated heterocycles. The van der Waals surface area contributed by atoms with E-state index in [2.05, 4.69) is 25.2 Å². The summed E-state index contributed by atoms with van der Waals surface area (Å²) in [4.78, 5) is 0. The van der Waals surface area contributed by atoms with E-state index in [1.165, 1.54) is 11.3 Å². The summed E-state index contributed by atoms with van der Waals surface area (Å²) in [5, 5.41) is 9.05. The van der Waals surface area contributed by atoms with Gasteiger partial charge in [0.2, 0.25) is 0 Å². The van der Waals surface area contributed by atoms with E-state index >= 15 is 0 Å². The molecule has 0 unspecified atom stereocenters. The highest BCUT2D eigenvalue weighted by atomic mass is 35.5. The van der Waals surface area contributed by atoms with Gasteiger partial charge in [0, 0.05) is 17.1 Å². The van der Waals surface area contributed by atoms with Crippen LogP contribution >= 0.6 is 11.6 Å². The van der Waals surface area contributed by atoms with Crippen LogP contribution in [0.25, 0.3) is 5.69 Å². The van der Waals surface area contributed by atoms with Crippen molar-refractivity contribution in [2.45, 2.75) is 33.6 Å². The largest absolute Gasteiger partial charge is 0.369 e. The van der Waals surface area contributed by atoms with Gasteiger partial charge in [-0.15, -0.1) is 0 Å².